The number of hydrogen-bond donors (Lipinski definition) is 6. The molecule has 1 aliphatic heterocycles. The van der Waals surface area contributed by atoms with Crippen LogP contribution < -0.4 is 16.4 Å². The number of phenols is 1. The van der Waals surface area contributed by atoms with E-state index in [4.69, 9.17) is 5.73 Å². The molecule has 2 heterocycles. The number of aromatic hydroxyl groups is 1. The van der Waals surface area contributed by atoms with Crippen LogP contribution in [0.25, 0.3) is 10.9 Å². The van der Waals surface area contributed by atoms with Crippen LogP contribution in [0.4, 0.5) is 0 Å². The number of aromatic amines is 1. The molecule has 3 aromatic rings. The summed E-state index contributed by atoms with van der Waals surface area (Å²) in [6, 6.07) is 9.96. The lowest BCUT2D eigenvalue weighted by atomic mass is 10.00. The van der Waals surface area contributed by atoms with E-state index in [0.29, 0.717) is 31.4 Å². The minimum atomic E-state index is -1.21. The summed E-state index contributed by atoms with van der Waals surface area (Å²) in [5, 5.41) is 25.6. The summed E-state index contributed by atoms with van der Waals surface area (Å²) in [5.74, 6) is -2.49. The van der Waals surface area contributed by atoms with Crippen molar-refractivity contribution in [3.8, 4) is 5.75 Å². The molecule has 0 radical (unpaired) electrons. The molecular weight excluding hydrogens is 538 g/mol. The van der Waals surface area contributed by atoms with Crippen LogP contribution in [-0.4, -0.2) is 74.5 Å². The molecule has 4 atom stereocenters. The molecule has 42 heavy (non-hydrogen) atoms. The number of carbonyl (C=O) groups is 4. The molecule has 1 fully saturated rings. The van der Waals surface area contributed by atoms with E-state index in [2.05, 4.69) is 15.6 Å². The molecule has 11 heteroatoms. The predicted molar refractivity (Wildman–Crippen MR) is 157 cm³/mol. The number of likely N-dealkylation sites (tertiary alicyclic amines) is 1. The molecule has 4 unspecified atom stereocenters. The molecule has 224 valence electrons. The third kappa shape index (κ3) is 7.47. The van der Waals surface area contributed by atoms with Gasteiger partial charge in [0.15, 0.2) is 0 Å². The Labute approximate surface area is 244 Å². The number of nitrogens with zero attached hydrogens (tertiary/aromatic N) is 1. The number of H-pyrrole nitrogens is 1. The number of nitrogens with one attached hydrogen (secondary N) is 3. The van der Waals surface area contributed by atoms with Crippen LogP contribution in [0, 0.1) is 5.92 Å². The first-order valence-corrected chi connectivity index (χ1v) is 14.3. The third-order valence-electron chi connectivity index (χ3n) is 7.60. The van der Waals surface area contributed by atoms with E-state index < -0.39 is 42.0 Å². The predicted octanol–water partition coefficient (Wildman–Crippen LogP) is 2.08. The number of carbonyl (C=O) groups excluding carboxylic acids is 3. The molecule has 7 N–H and O–H groups in total. The van der Waals surface area contributed by atoms with Crippen LogP contribution >= 0.6 is 0 Å². The first-order chi connectivity index (χ1) is 20.0. The molecule has 0 bridgehead atoms. The topological polar surface area (TPSA) is 178 Å². The maximum Gasteiger partial charge on any atom is 0.326 e. The molecule has 4 rings (SSSR count). The summed E-state index contributed by atoms with van der Waals surface area (Å²) in [7, 11) is 0. The highest BCUT2D eigenvalue weighted by atomic mass is 16.4. The number of amides is 3. The number of phenolic OH excluding ortho intramolecular Hbond substituents is 1. The van der Waals surface area contributed by atoms with Crippen molar-refractivity contribution in [1.82, 2.24) is 20.5 Å². The number of nitrogens with two attached hydrogens (primary N) is 1. The van der Waals surface area contributed by atoms with Crippen molar-refractivity contribution in [1.29, 1.82) is 0 Å². The van der Waals surface area contributed by atoms with Crippen LogP contribution in [0.5, 0.6) is 5.75 Å². The van der Waals surface area contributed by atoms with Crippen LogP contribution in [0.15, 0.2) is 54.7 Å². The second kappa shape index (κ2) is 13.5. The van der Waals surface area contributed by atoms with E-state index in [9.17, 15) is 29.4 Å². The van der Waals surface area contributed by atoms with E-state index in [1.54, 1.807) is 12.1 Å². The molecule has 0 aliphatic carbocycles. The minimum absolute atomic E-state index is 0.0162. The Hall–Kier alpha value is -4.38. The van der Waals surface area contributed by atoms with Crippen molar-refractivity contribution in [3.05, 3.63) is 65.9 Å². The van der Waals surface area contributed by atoms with Crippen LogP contribution in [0.2, 0.25) is 0 Å². The monoisotopic (exact) mass is 577 g/mol. The van der Waals surface area contributed by atoms with E-state index in [0.717, 1.165) is 16.5 Å². The molecule has 11 nitrogen and oxygen atoms in total. The second-order valence-corrected chi connectivity index (χ2v) is 11.3. The largest absolute Gasteiger partial charge is 0.508 e. The summed E-state index contributed by atoms with van der Waals surface area (Å²) < 4.78 is 0. The Morgan fingerprint density at radius 1 is 1.02 bits per heavy atom. The maximum atomic E-state index is 13.7. The zero-order valence-corrected chi connectivity index (χ0v) is 23.9. The molecule has 2 aromatic carbocycles. The van der Waals surface area contributed by atoms with Gasteiger partial charge in [-0.2, -0.15) is 0 Å². The van der Waals surface area contributed by atoms with Gasteiger partial charge in [-0.3, -0.25) is 14.4 Å². The number of aliphatic carboxylic acids is 1. The fourth-order valence-corrected chi connectivity index (χ4v) is 5.44. The Bertz CT molecular complexity index is 1420. The Kier molecular flexibility index (Phi) is 9.84. The van der Waals surface area contributed by atoms with Crippen LogP contribution in [-0.2, 0) is 32.0 Å². The van der Waals surface area contributed by atoms with Gasteiger partial charge in [0, 0.05) is 30.1 Å². The molecule has 1 saturated heterocycles. The van der Waals surface area contributed by atoms with Crippen molar-refractivity contribution in [3.63, 3.8) is 0 Å². The lowest BCUT2D eigenvalue weighted by Gasteiger charge is -2.30. The average molecular weight is 578 g/mol. The Balaban J connectivity index is 1.42. The Morgan fingerprint density at radius 3 is 2.43 bits per heavy atom. The fourth-order valence-electron chi connectivity index (χ4n) is 5.44. The molecule has 3 amide bonds. The summed E-state index contributed by atoms with van der Waals surface area (Å²) in [5.41, 5.74) is 8.75. The number of rotatable bonds is 12. The summed E-state index contributed by atoms with van der Waals surface area (Å²) in [6.07, 6.45) is 3.43. The van der Waals surface area contributed by atoms with Gasteiger partial charge < -0.3 is 36.5 Å². The maximum absolute atomic E-state index is 13.7. The lowest BCUT2D eigenvalue weighted by molar-refractivity contribution is -0.145. The van der Waals surface area contributed by atoms with E-state index >= 15 is 0 Å². The highest BCUT2D eigenvalue weighted by Crippen LogP contribution is 2.22. The van der Waals surface area contributed by atoms with Crippen LogP contribution in [0.1, 0.15) is 44.2 Å². The normalized spacial score (nSPS) is 17.1. The number of carboxylic acids is 1. The molecule has 0 spiro atoms. The molecule has 0 saturated carbocycles. The van der Waals surface area contributed by atoms with E-state index in [1.165, 1.54) is 17.0 Å². The minimum Gasteiger partial charge on any atom is -0.508 e. The van der Waals surface area contributed by atoms with Gasteiger partial charge in [-0.25, -0.2) is 4.79 Å². The highest BCUT2D eigenvalue weighted by molar-refractivity contribution is 5.95. The van der Waals surface area contributed by atoms with Gasteiger partial charge in [0.2, 0.25) is 17.7 Å². The summed E-state index contributed by atoms with van der Waals surface area (Å²) >= 11 is 0. The first-order valence-electron chi connectivity index (χ1n) is 14.3. The first kappa shape index (κ1) is 30.6. The van der Waals surface area contributed by atoms with Crippen molar-refractivity contribution in [2.75, 3.05) is 6.54 Å². The van der Waals surface area contributed by atoms with E-state index in [-0.39, 0.29) is 30.4 Å². The van der Waals surface area contributed by atoms with Gasteiger partial charge in [-0.1, -0.05) is 44.2 Å². The quantitative estimate of drug-likeness (QED) is 0.191. The SMILES string of the molecule is CC(C)CC(NC(=O)C(N)Cc1c[nH]c2ccccc12)C(=O)N1CCCC1C(=O)NC(Cc1ccc(O)cc1)C(=O)O. The second-order valence-electron chi connectivity index (χ2n) is 11.3. The molecule has 1 aliphatic rings. The molecular formula is C31H39N5O6. The van der Waals surface area contributed by atoms with Gasteiger partial charge in [0.1, 0.15) is 23.9 Å². The number of aromatic nitrogens is 1. The summed E-state index contributed by atoms with van der Waals surface area (Å²) in [6.45, 7) is 4.19. The van der Waals surface area contributed by atoms with Gasteiger partial charge >= 0.3 is 5.97 Å². The fraction of sp³-hybridized carbons (Fsp3) is 0.419. The van der Waals surface area contributed by atoms with Gasteiger partial charge in [0.05, 0.1) is 6.04 Å². The van der Waals surface area contributed by atoms with Crippen molar-refractivity contribution in [2.24, 2.45) is 11.7 Å². The van der Waals surface area contributed by atoms with Gasteiger partial charge in [-0.05, 0) is 60.9 Å². The molecule has 1 aromatic heterocycles. The number of hydrogen-bond acceptors (Lipinski definition) is 6. The van der Waals surface area contributed by atoms with Gasteiger partial charge in [-0.15, -0.1) is 0 Å². The number of carboxylic acid groups (broad SMARTS) is 1. The smallest absolute Gasteiger partial charge is 0.326 e. The number of benzene rings is 2. The van der Waals surface area contributed by atoms with Crippen molar-refractivity contribution < 1.29 is 29.4 Å². The zero-order chi connectivity index (χ0) is 30.4. The third-order valence-corrected chi connectivity index (χ3v) is 7.60. The summed E-state index contributed by atoms with van der Waals surface area (Å²) in [4.78, 5) is 56.7. The average Bonchev–Trinajstić information content (AvgIpc) is 3.60. The van der Waals surface area contributed by atoms with Crippen molar-refractivity contribution >= 4 is 34.6 Å². The highest BCUT2D eigenvalue weighted by Gasteiger charge is 2.39. The standard InChI is InChI=1S/C31H39N5O6/c1-18(2)14-25(34-28(38)23(32)16-20-17-33-24-7-4-3-6-22(20)24)30(40)36-13-5-8-27(36)29(39)35-26(31(41)42)15-19-9-11-21(37)12-10-19/h3-4,6-7,9-12,17-18,23,25-27,33,37H,5,8,13-16,32H2,1-2H3,(H,34,38)(H,35,39)(H,41,42). The zero-order valence-electron chi connectivity index (χ0n) is 23.9. The Morgan fingerprint density at radius 2 is 1.74 bits per heavy atom. The van der Waals surface area contributed by atoms with Gasteiger partial charge in [0.25, 0.3) is 0 Å². The van der Waals surface area contributed by atoms with Crippen molar-refractivity contribution in [2.45, 2.75) is 70.1 Å². The lowest BCUT2D eigenvalue weighted by Crippen LogP contribution is -2.57. The van der Waals surface area contributed by atoms with E-state index in [1.807, 2.05) is 44.3 Å². The van der Waals surface area contributed by atoms with Crippen LogP contribution in [0.3, 0.4) is 0 Å². The number of fused-ring (bicyclic) bond motifs is 1. The number of para-hydroxylation sites is 1.